The van der Waals surface area contributed by atoms with Crippen LogP contribution < -0.4 is 16.4 Å². The Morgan fingerprint density at radius 2 is 1.79 bits per heavy atom. The highest BCUT2D eigenvalue weighted by Gasteiger charge is 2.30. The van der Waals surface area contributed by atoms with Crippen LogP contribution in [0.25, 0.3) is 0 Å². The maximum Gasteiger partial charge on any atom is 0.417 e. The minimum absolute atomic E-state index is 0.185. The van der Waals surface area contributed by atoms with Crippen molar-refractivity contribution in [2.24, 2.45) is 5.73 Å². The molecule has 1 heterocycles. The number of carbonyl (C=O) groups is 1. The number of hydrogen-bond donors (Lipinski definition) is 3. The van der Waals surface area contributed by atoms with Crippen molar-refractivity contribution in [1.82, 2.24) is 4.98 Å². The van der Waals surface area contributed by atoms with Gasteiger partial charge >= 0.3 is 6.18 Å². The van der Waals surface area contributed by atoms with Gasteiger partial charge in [-0.05, 0) is 43.3 Å². The lowest BCUT2D eigenvalue weighted by Crippen LogP contribution is -2.23. The van der Waals surface area contributed by atoms with Crippen molar-refractivity contribution in [2.75, 3.05) is 10.6 Å². The number of rotatable bonds is 5. The van der Waals surface area contributed by atoms with Gasteiger partial charge in [-0.2, -0.15) is 13.2 Å². The molecule has 0 bridgehead atoms. The summed E-state index contributed by atoms with van der Waals surface area (Å²) in [5, 5.41) is 5.59. The third-order valence-electron chi connectivity index (χ3n) is 3.04. The fraction of sp³-hybridized carbons (Fsp3) is 0.250. The van der Waals surface area contributed by atoms with E-state index in [0.29, 0.717) is 11.4 Å². The molecule has 5 nitrogen and oxygen atoms in total. The number of benzene rings is 1. The lowest BCUT2D eigenvalue weighted by molar-refractivity contribution is -0.137. The van der Waals surface area contributed by atoms with E-state index in [1.165, 1.54) is 6.07 Å². The lowest BCUT2D eigenvalue weighted by Gasteiger charge is -2.10. The summed E-state index contributed by atoms with van der Waals surface area (Å²) in [6.07, 6.45) is -3.42. The molecular weight excluding hydrogens is 321 g/mol. The number of nitrogens with one attached hydrogen (secondary N) is 2. The highest BCUT2D eigenvalue weighted by molar-refractivity contribution is 5.91. The van der Waals surface area contributed by atoms with E-state index in [0.717, 1.165) is 12.3 Å². The number of nitrogens with zero attached hydrogens (tertiary/aromatic N) is 1. The van der Waals surface area contributed by atoms with Crippen LogP contribution in [0.1, 0.15) is 18.9 Å². The third-order valence-corrected chi connectivity index (χ3v) is 3.04. The molecule has 0 saturated carbocycles. The number of hydrogen-bond acceptors (Lipinski definition) is 4. The summed E-state index contributed by atoms with van der Waals surface area (Å²) in [5.74, 6) is 0.104. The largest absolute Gasteiger partial charge is 0.417 e. The molecule has 24 heavy (non-hydrogen) atoms. The third kappa shape index (κ3) is 5.24. The molecule has 1 unspecified atom stereocenters. The van der Waals surface area contributed by atoms with E-state index < -0.39 is 11.7 Å². The van der Waals surface area contributed by atoms with Crippen LogP contribution in [0, 0.1) is 0 Å². The van der Waals surface area contributed by atoms with Gasteiger partial charge in [-0.15, -0.1) is 0 Å². The first-order valence-electron chi connectivity index (χ1n) is 7.20. The standard InChI is InChI=1S/C16H17F3N4O/c1-10(20)8-15(24)23-13-5-3-12(4-6-13)22-14-7-2-11(9-21-14)16(17,18)19/h2-7,9-10H,8,20H2,1H3,(H,21,22)(H,23,24). The number of amides is 1. The van der Waals surface area contributed by atoms with E-state index in [-0.39, 0.29) is 24.2 Å². The van der Waals surface area contributed by atoms with Crippen LogP contribution in [-0.4, -0.2) is 16.9 Å². The molecule has 8 heteroatoms. The quantitative estimate of drug-likeness (QED) is 0.779. The van der Waals surface area contributed by atoms with Gasteiger partial charge in [0, 0.05) is 30.0 Å². The van der Waals surface area contributed by atoms with E-state index >= 15 is 0 Å². The van der Waals surface area contributed by atoms with Crippen molar-refractivity contribution < 1.29 is 18.0 Å². The first kappa shape index (κ1) is 17.7. The lowest BCUT2D eigenvalue weighted by atomic mass is 10.2. The molecule has 0 radical (unpaired) electrons. The summed E-state index contributed by atoms with van der Waals surface area (Å²) < 4.78 is 37.4. The summed E-state index contributed by atoms with van der Waals surface area (Å²) in [5.41, 5.74) is 5.98. The summed E-state index contributed by atoms with van der Waals surface area (Å²) >= 11 is 0. The maximum atomic E-state index is 12.5. The monoisotopic (exact) mass is 338 g/mol. The van der Waals surface area contributed by atoms with Gasteiger partial charge in [0.25, 0.3) is 0 Å². The molecule has 128 valence electrons. The number of halogens is 3. The minimum Gasteiger partial charge on any atom is -0.340 e. The van der Waals surface area contributed by atoms with E-state index in [9.17, 15) is 18.0 Å². The maximum absolute atomic E-state index is 12.5. The second-order valence-corrected chi connectivity index (χ2v) is 5.36. The van der Waals surface area contributed by atoms with Gasteiger partial charge in [0.1, 0.15) is 5.82 Å². The summed E-state index contributed by atoms with van der Waals surface area (Å²) in [7, 11) is 0. The van der Waals surface area contributed by atoms with Crippen molar-refractivity contribution in [2.45, 2.75) is 25.6 Å². The molecule has 0 saturated heterocycles. The van der Waals surface area contributed by atoms with Crippen LogP contribution in [-0.2, 0) is 11.0 Å². The topological polar surface area (TPSA) is 80.0 Å². The van der Waals surface area contributed by atoms with Crippen molar-refractivity contribution in [3.05, 3.63) is 48.2 Å². The molecule has 0 spiro atoms. The van der Waals surface area contributed by atoms with Crippen LogP contribution in [0.3, 0.4) is 0 Å². The van der Waals surface area contributed by atoms with Crippen LogP contribution in [0.4, 0.5) is 30.4 Å². The van der Waals surface area contributed by atoms with Gasteiger partial charge in [0.15, 0.2) is 0 Å². The number of alkyl halides is 3. The van der Waals surface area contributed by atoms with E-state index in [2.05, 4.69) is 15.6 Å². The molecule has 0 aliphatic rings. The molecule has 1 amide bonds. The number of aromatic nitrogens is 1. The van der Waals surface area contributed by atoms with Gasteiger partial charge in [0.05, 0.1) is 5.56 Å². The predicted molar refractivity (Wildman–Crippen MR) is 85.9 cm³/mol. The molecule has 2 rings (SSSR count). The Morgan fingerprint density at radius 3 is 2.29 bits per heavy atom. The van der Waals surface area contributed by atoms with Crippen LogP contribution in [0.2, 0.25) is 0 Å². The fourth-order valence-electron chi connectivity index (χ4n) is 1.92. The fourth-order valence-corrected chi connectivity index (χ4v) is 1.92. The number of nitrogens with two attached hydrogens (primary N) is 1. The average Bonchev–Trinajstić information content (AvgIpc) is 2.48. The Balaban J connectivity index is 1.97. The van der Waals surface area contributed by atoms with Crippen LogP contribution >= 0.6 is 0 Å². The normalized spacial score (nSPS) is 12.5. The highest BCUT2D eigenvalue weighted by atomic mass is 19.4. The van der Waals surface area contributed by atoms with Crippen molar-refractivity contribution >= 4 is 23.1 Å². The van der Waals surface area contributed by atoms with Crippen molar-refractivity contribution in [1.29, 1.82) is 0 Å². The summed E-state index contributed by atoms with van der Waals surface area (Å²) in [4.78, 5) is 15.3. The zero-order valence-corrected chi connectivity index (χ0v) is 12.9. The first-order valence-corrected chi connectivity index (χ1v) is 7.20. The van der Waals surface area contributed by atoms with Crippen LogP contribution in [0.5, 0.6) is 0 Å². The van der Waals surface area contributed by atoms with Gasteiger partial charge < -0.3 is 16.4 Å². The van der Waals surface area contributed by atoms with Crippen molar-refractivity contribution in [3.63, 3.8) is 0 Å². The molecule has 0 fully saturated rings. The Morgan fingerprint density at radius 1 is 1.17 bits per heavy atom. The van der Waals surface area contributed by atoms with Gasteiger partial charge in [0.2, 0.25) is 5.91 Å². The average molecular weight is 338 g/mol. The van der Waals surface area contributed by atoms with Gasteiger partial charge in [-0.25, -0.2) is 4.98 Å². The zero-order chi connectivity index (χ0) is 17.7. The Hall–Kier alpha value is -2.61. The smallest absolute Gasteiger partial charge is 0.340 e. The van der Waals surface area contributed by atoms with Crippen LogP contribution in [0.15, 0.2) is 42.6 Å². The summed E-state index contributed by atoms with van der Waals surface area (Å²) in [6, 6.07) is 8.69. The molecule has 4 N–H and O–H groups in total. The SMILES string of the molecule is CC(N)CC(=O)Nc1ccc(Nc2ccc(C(F)(F)F)cn2)cc1. The number of anilines is 3. The molecule has 0 aliphatic carbocycles. The van der Waals surface area contributed by atoms with E-state index in [4.69, 9.17) is 5.73 Å². The molecule has 1 aromatic carbocycles. The first-order chi connectivity index (χ1) is 11.2. The molecule has 1 aromatic heterocycles. The van der Waals surface area contributed by atoms with Crippen molar-refractivity contribution in [3.8, 4) is 0 Å². The van der Waals surface area contributed by atoms with Gasteiger partial charge in [-0.1, -0.05) is 0 Å². The molecule has 0 aliphatic heterocycles. The summed E-state index contributed by atoms with van der Waals surface area (Å²) in [6.45, 7) is 1.74. The second kappa shape index (κ2) is 7.31. The Labute approximate surface area is 137 Å². The van der Waals surface area contributed by atoms with E-state index in [1.54, 1.807) is 31.2 Å². The molecular formula is C16H17F3N4O. The molecule has 2 aromatic rings. The number of carbonyl (C=O) groups excluding carboxylic acids is 1. The zero-order valence-electron chi connectivity index (χ0n) is 12.9. The molecule has 1 atom stereocenters. The van der Waals surface area contributed by atoms with Gasteiger partial charge in [-0.3, -0.25) is 4.79 Å². The second-order valence-electron chi connectivity index (χ2n) is 5.36. The number of pyridine rings is 1. The highest BCUT2D eigenvalue weighted by Crippen LogP contribution is 2.29. The predicted octanol–water partition coefficient (Wildman–Crippen LogP) is 3.52. The Kier molecular flexibility index (Phi) is 5.40. The Bertz CT molecular complexity index is 682. The minimum atomic E-state index is -4.41. The van der Waals surface area contributed by atoms with E-state index in [1.807, 2.05) is 0 Å².